The van der Waals surface area contributed by atoms with Crippen molar-refractivity contribution in [1.29, 1.82) is 0 Å². The molecule has 0 aliphatic carbocycles. The Bertz CT molecular complexity index is 1110. The van der Waals surface area contributed by atoms with Crippen LogP contribution in [0, 0.1) is 0 Å². The predicted octanol–water partition coefficient (Wildman–Crippen LogP) is 1.85. The molecular weight excluding hydrogens is 394 g/mol. The number of esters is 3. The van der Waals surface area contributed by atoms with Crippen molar-refractivity contribution in [3.05, 3.63) is 53.5 Å². The first-order valence-corrected chi connectivity index (χ1v) is 8.66. The molecule has 0 bridgehead atoms. The smallest absolute Gasteiger partial charge is 0.356 e. The van der Waals surface area contributed by atoms with Crippen LogP contribution in [0.25, 0.3) is 10.9 Å². The Morgan fingerprint density at radius 2 is 1.63 bits per heavy atom. The minimum absolute atomic E-state index is 0.0265. The van der Waals surface area contributed by atoms with Gasteiger partial charge >= 0.3 is 17.9 Å². The Labute approximate surface area is 171 Å². The molecule has 1 aromatic carbocycles. The fraction of sp³-hybridized carbons (Fsp3) is 0.200. The summed E-state index contributed by atoms with van der Waals surface area (Å²) in [5, 5.41) is 7.13. The normalized spacial score (nSPS) is 13.3. The first-order valence-electron chi connectivity index (χ1n) is 8.66. The molecule has 1 aliphatic heterocycles. The molecule has 0 spiro atoms. The molecular formula is C20H19N3O7. The van der Waals surface area contributed by atoms with Crippen LogP contribution in [0.2, 0.25) is 0 Å². The van der Waals surface area contributed by atoms with Crippen LogP contribution in [0.3, 0.4) is 0 Å². The second kappa shape index (κ2) is 8.52. The summed E-state index contributed by atoms with van der Waals surface area (Å²) in [5.74, 6) is -1.78. The number of aromatic nitrogens is 2. The number of hydrogen-bond acceptors (Lipinski definition) is 9. The Balaban J connectivity index is 2.37. The quantitative estimate of drug-likeness (QED) is 0.578. The van der Waals surface area contributed by atoms with Crippen molar-refractivity contribution in [2.45, 2.75) is 0 Å². The van der Waals surface area contributed by atoms with Crippen molar-refractivity contribution in [3.63, 3.8) is 0 Å². The lowest BCUT2D eigenvalue weighted by Gasteiger charge is -2.24. The molecule has 0 saturated carbocycles. The van der Waals surface area contributed by atoms with Crippen molar-refractivity contribution in [3.8, 4) is 5.75 Å². The predicted molar refractivity (Wildman–Crippen MR) is 106 cm³/mol. The lowest BCUT2D eigenvalue weighted by atomic mass is 10.1. The molecule has 0 unspecified atom stereocenters. The largest absolute Gasteiger partial charge is 0.494 e. The van der Waals surface area contributed by atoms with Crippen molar-refractivity contribution in [2.24, 2.45) is 0 Å². The highest BCUT2D eigenvalue weighted by Gasteiger charge is 2.30. The Hall–Kier alpha value is -4.08. The van der Waals surface area contributed by atoms with E-state index in [-0.39, 0.29) is 17.0 Å². The van der Waals surface area contributed by atoms with Gasteiger partial charge in [-0.1, -0.05) is 6.08 Å². The summed E-state index contributed by atoms with van der Waals surface area (Å²) in [6.07, 6.45) is 6.18. The van der Waals surface area contributed by atoms with E-state index in [9.17, 15) is 14.4 Å². The van der Waals surface area contributed by atoms with Crippen LogP contribution in [0.4, 0.5) is 5.69 Å². The average molecular weight is 413 g/mol. The molecule has 0 saturated heterocycles. The highest BCUT2D eigenvalue weighted by molar-refractivity contribution is 6.12. The summed E-state index contributed by atoms with van der Waals surface area (Å²) in [6.45, 7) is 0. The van der Waals surface area contributed by atoms with E-state index < -0.39 is 17.9 Å². The standard InChI is InChI=1S/C20H19N3O7/c1-27-13-9-8-12(14-15(13)21-22-16(14)19(25)29-3)23-10-6-5-7-11(18(24)28-2)17(23)20(26)30-4/h5-10H,1-4H3,(H,21,22). The van der Waals surface area contributed by atoms with Gasteiger partial charge in [-0.3, -0.25) is 5.10 Å². The summed E-state index contributed by atoms with van der Waals surface area (Å²) in [6, 6.07) is 3.25. The number of nitrogens with one attached hydrogen (secondary N) is 1. The van der Waals surface area contributed by atoms with Crippen LogP contribution >= 0.6 is 0 Å². The molecule has 10 nitrogen and oxygen atoms in total. The number of carbonyl (C=O) groups excluding carboxylic acids is 3. The maximum Gasteiger partial charge on any atom is 0.356 e. The molecule has 0 fully saturated rings. The van der Waals surface area contributed by atoms with Crippen LogP contribution in [0.1, 0.15) is 10.5 Å². The van der Waals surface area contributed by atoms with Gasteiger partial charge in [0, 0.05) is 6.20 Å². The summed E-state index contributed by atoms with van der Waals surface area (Å²) in [5.41, 5.74) is 0.627. The number of ether oxygens (including phenoxy) is 4. The van der Waals surface area contributed by atoms with Gasteiger partial charge in [-0.05, 0) is 24.3 Å². The lowest BCUT2D eigenvalue weighted by molar-refractivity contribution is -0.139. The average Bonchev–Trinajstić information content (AvgIpc) is 3.10. The third kappa shape index (κ3) is 3.39. The monoisotopic (exact) mass is 413 g/mol. The summed E-state index contributed by atoms with van der Waals surface area (Å²) in [7, 11) is 5.10. The summed E-state index contributed by atoms with van der Waals surface area (Å²) < 4.78 is 19.9. The van der Waals surface area contributed by atoms with E-state index in [0.717, 1.165) is 0 Å². The topological polar surface area (TPSA) is 120 Å². The first kappa shape index (κ1) is 20.6. The molecule has 0 atom stereocenters. The van der Waals surface area contributed by atoms with Crippen molar-refractivity contribution in [1.82, 2.24) is 10.2 Å². The van der Waals surface area contributed by atoms with Crippen molar-refractivity contribution < 1.29 is 33.3 Å². The van der Waals surface area contributed by atoms with Crippen LogP contribution < -0.4 is 9.64 Å². The number of hydrogen-bond donors (Lipinski definition) is 1. The molecule has 1 aromatic heterocycles. The highest BCUT2D eigenvalue weighted by Crippen LogP contribution is 2.38. The number of rotatable bonds is 5. The maximum absolute atomic E-state index is 12.7. The van der Waals surface area contributed by atoms with Gasteiger partial charge < -0.3 is 23.8 Å². The zero-order valence-corrected chi connectivity index (χ0v) is 16.7. The van der Waals surface area contributed by atoms with Crippen LogP contribution in [0.5, 0.6) is 5.75 Å². The number of benzene rings is 1. The second-order valence-electron chi connectivity index (χ2n) is 5.92. The van der Waals surface area contributed by atoms with Gasteiger partial charge in [-0.2, -0.15) is 5.10 Å². The molecule has 1 aliphatic rings. The van der Waals surface area contributed by atoms with Crippen LogP contribution in [-0.2, 0) is 23.8 Å². The number of aromatic amines is 1. The zero-order chi connectivity index (χ0) is 21.8. The molecule has 2 heterocycles. The minimum atomic E-state index is -0.779. The number of fused-ring (bicyclic) bond motifs is 1. The number of anilines is 1. The SMILES string of the molecule is COC(=O)C1=C(C(=O)OC)N(c2ccc(OC)c3n[nH]c(C(=O)OC)c23)C=CC=C1. The third-order valence-corrected chi connectivity index (χ3v) is 4.41. The number of carbonyl (C=O) groups is 3. The van der Waals surface area contributed by atoms with Gasteiger partial charge in [0.2, 0.25) is 0 Å². The van der Waals surface area contributed by atoms with Gasteiger partial charge in [-0.25, -0.2) is 14.4 Å². The van der Waals surface area contributed by atoms with Crippen LogP contribution in [-0.4, -0.2) is 56.5 Å². The van der Waals surface area contributed by atoms with Gasteiger partial charge in [0.25, 0.3) is 0 Å². The van der Waals surface area contributed by atoms with E-state index in [1.165, 1.54) is 39.4 Å². The number of allylic oxidation sites excluding steroid dienone is 2. The molecule has 0 radical (unpaired) electrons. The summed E-state index contributed by atoms with van der Waals surface area (Å²) in [4.78, 5) is 38.8. The molecule has 0 amide bonds. The van der Waals surface area contributed by atoms with Gasteiger partial charge in [0.05, 0.1) is 45.1 Å². The van der Waals surface area contributed by atoms with E-state index in [0.29, 0.717) is 22.3 Å². The van der Waals surface area contributed by atoms with E-state index in [4.69, 9.17) is 18.9 Å². The van der Waals surface area contributed by atoms with Gasteiger partial charge in [0.1, 0.15) is 17.0 Å². The Morgan fingerprint density at radius 1 is 0.933 bits per heavy atom. The highest BCUT2D eigenvalue weighted by atomic mass is 16.5. The van der Waals surface area contributed by atoms with Gasteiger partial charge in [-0.15, -0.1) is 0 Å². The number of methoxy groups -OCH3 is 4. The van der Waals surface area contributed by atoms with E-state index in [1.807, 2.05) is 0 Å². The molecule has 30 heavy (non-hydrogen) atoms. The molecule has 2 aromatic rings. The lowest BCUT2D eigenvalue weighted by Crippen LogP contribution is -2.27. The van der Waals surface area contributed by atoms with Crippen molar-refractivity contribution in [2.75, 3.05) is 33.3 Å². The molecule has 3 rings (SSSR count). The minimum Gasteiger partial charge on any atom is -0.494 e. The third-order valence-electron chi connectivity index (χ3n) is 4.41. The Morgan fingerprint density at radius 3 is 2.27 bits per heavy atom. The van der Waals surface area contributed by atoms with E-state index in [1.54, 1.807) is 30.5 Å². The molecule has 10 heteroatoms. The van der Waals surface area contributed by atoms with E-state index in [2.05, 4.69) is 10.2 Å². The van der Waals surface area contributed by atoms with Crippen LogP contribution in [0.15, 0.2) is 47.8 Å². The van der Waals surface area contributed by atoms with Gasteiger partial charge in [0.15, 0.2) is 5.69 Å². The molecule has 156 valence electrons. The second-order valence-corrected chi connectivity index (χ2v) is 5.92. The molecule has 1 N–H and O–H groups in total. The fourth-order valence-electron chi connectivity index (χ4n) is 3.05. The first-order chi connectivity index (χ1) is 14.5. The summed E-state index contributed by atoms with van der Waals surface area (Å²) >= 11 is 0. The fourth-order valence-corrected chi connectivity index (χ4v) is 3.05. The maximum atomic E-state index is 12.7. The zero-order valence-electron chi connectivity index (χ0n) is 16.7. The van der Waals surface area contributed by atoms with Crippen molar-refractivity contribution >= 4 is 34.5 Å². The Kier molecular flexibility index (Phi) is 5.86. The van der Waals surface area contributed by atoms with E-state index >= 15 is 0 Å². The number of nitrogens with zero attached hydrogens (tertiary/aromatic N) is 2. The number of H-pyrrole nitrogens is 1.